The van der Waals surface area contributed by atoms with Gasteiger partial charge in [-0.15, -0.1) is 0 Å². The highest BCUT2D eigenvalue weighted by Crippen LogP contribution is 2.25. The SMILES string of the molecule is CCn1c(CSC(C)C)cc2cc(C)ccc21. The van der Waals surface area contributed by atoms with Crippen LogP contribution in [-0.4, -0.2) is 9.82 Å². The average Bonchev–Trinajstić information content (AvgIpc) is 2.62. The molecule has 92 valence electrons. The Morgan fingerprint density at radius 2 is 2.00 bits per heavy atom. The highest BCUT2D eigenvalue weighted by molar-refractivity contribution is 7.99. The van der Waals surface area contributed by atoms with E-state index < -0.39 is 0 Å². The lowest BCUT2D eigenvalue weighted by molar-refractivity contribution is 0.765. The van der Waals surface area contributed by atoms with Crippen LogP contribution in [0.5, 0.6) is 0 Å². The topological polar surface area (TPSA) is 4.93 Å². The monoisotopic (exact) mass is 247 g/mol. The fraction of sp³-hybridized carbons (Fsp3) is 0.467. The Morgan fingerprint density at radius 1 is 1.24 bits per heavy atom. The van der Waals surface area contributed by atoms with Gasteiger partial charge in [-0.05, 0) is 37.3 Å². The van der Waals surface area contributed by atoms with E-state index in [2.05, 4.69) is 56.5 Å². The summed E-state index contributed by atoms with van der Waals surface area (Å²) in [6.07, 6.45) is 0. The van der Waals surface area contributed by atoms with Crippen molar-refractivity contribution in [2.75, 3.05) is 0 Å². The molecule has 0 unspecified atom stereocenters. The highest BCUT2D eigenvalue weighted by atomic mass is 32.2. The maximum atomic E-state index is 2.43. The Morgan fingerprint density at radius 3 is 2.65 bits per heavy atom. The van der Waals surface area contributed by atoms with E-state index in [-0.39, 0.29) is 0 Å². The zero-order valence-corrected chi connectivity index (χ0v) is 12.0. The largest absolute Gasteiger partial charge is 0.344 e. The zero-order chi connectivity index (χ0) is 12.4. The maximum absolute atomic E-state index is 2.43. The molecule has 2 aromatic rings. The fourth-order valence-corrected chi connectivity index (χ4v) is 2.94. The van der Waals surface area contributed by atoms with Crippen molar-refractivity contribution in [1.82, 2.24) is 4.57 Å². The molecule has 0 bridgehead atoms. The third-order valence-corrected chi connectivity index (χ3v) is 4.15. The molecule has 0 fully saturated rings. The predicted octanol–water partition coefficient (Wildman–Crippen LogP) is 4.61. The van der Waals surface area contributed by atoms with Gasteiger partial charge in [0.15, 0.2) is 0 Å². The molecule has 0 saturated heterocycles. The van der Waals surface area contributed by atoms with Crippen molar-refractivity contribution in [1.29, 1.82) is 0 Å². The molecule has 0 aliphatic heterocycles. The molecule has 0 amide bonds. The third-order valence-electron chi connectivity index (χ3n) is 3.02. The van der Waals surface area contributed by atoms with Gasteiger partial charge >= 0.3 is 0 Å². The summed E-state index contributed by atoms with van der Waals surface area (Å²) < 4.78 is 2.43. The lowest BCUT2D eigenvalue weighted by Gasteiger charge is -2.09. The van der Waals surface area contributed by atoms with Gasteiger partial charge in [-0.3, -0.25) is 0 Å². The van der Waals surface area contributed by atoms with Crippen LogP contribution in [0.2, 0.25) is 0 Å². The van der Waals surface area contributed by atoms with Crippen LogP contribution in [0.25, 0.3) is 10.9 Å². The highest BCUT2D eigenvalue weighted by Gasteiger charge is 2.08. The molecule has 1 heterocycles. The van der Waals surface area contributed by atoms with Crippen LogP contribution in [0.3, 0.4) is 0 Å². The fourth-order valence-electron chi connectivity index (χ4n) is 2.19. The molecule has 1 aromatic heterocycles. The number of fused-ring (bicyclic) bond motifs is 1. The minimum Gasteiger partial charge on any atom is -0.344 e. The lowest BCUT2D eigenvalue weighted by Crippen LogP contribution is -2.00. The number of rotatable bonds is 4. The maximum Gasteiger partial charge on any atom is 0.0482 e. The van der Waals surface area contributed by atoms with Crippen molar-refractivity contribution in [3.63, 3.8) is 0 Å². The predicted molar refractivity (Wildman–Crippen MR) is 78.8 cm³/mol. The number of hydrogen-bond donors (Lipinski definition) is 0. The summed E-state index contributed by atoms with van der Waals surface area (Å²) in [6.45, 7) is 9.95. The van der Waals surface area contributed by atoms with Crippen molar-refractivity contribution in [3.05, 3.63) is 35.5 Å². The number of nitrogens with zero attached hydrogens (tertiary/aromatic N) is 1. The second-order valence-electron chi connectivity index (χ2n) is 4.80. The molecule has 17 heavy (non-hydrogen) atoms. The van der Waals surface area contributed by atoms with Gasteiger partial charge < -0.3 is 4.57 Å². The Kier molecular flexibility index (Phi) is 3.82. The molecule has 0 aliphatic rings. The molecule has 2 rings (SSSR count). The second-order valence-corrected chi connectivity index (χ2v) is 6.37. The lowest BCUT2D eigenvalue weighted by atomic mass is 10.2. The molecule has 1 nitrogen and oxygen atoms in total. The number of thioether (sulfide) groups is 1. The normalized spacial score (nSPS) is 11.6. The molecule has 0 saturated carbocycles. The summed E-state index contributed by atoms with van der Waals surface area (Å²) in [4.78, 5) is 0. The number of benzene rings is 1. The summed E-state index contributed by atoms with van der Waals surface area (Å²) >= 11 is 2.01. The summed E-state index contributed by atoms with van der Waals surface area (Å²) in [5, 5.41) is 2.08. The van der Waals surface area contributed by atoms with Crippen LogP contribution in [-0.2, 0) is 12.3 Å². The number of hydrogen-bond acceptors (Lipinski definition) is 1. The Labute approximate surface area is 108 Å². The molecule has 0 atom stereocenters. The van der Waals surface area contributed by atoms with Crippen LogP contribution in [0.15, 0.2) is 24.3 Å². The van der Waals surface area contributed by atoms with Gasteiger partial charge in [-0.2, -0.15) is 11.8 Å². The van der Waals surface area contributed by atoms with Crippen molar-refractivity contribution in [2.24, 2.45) is 0 Å². The molecular formula is C15H21NS. The van der Waals surface area contributed by atoms with E-state index in [0.29, 0.717) is 5.25 Å². The first kappa shape index (κ1) is 12.6. The van der Waals surface area contributed by atoms with Crippen molar-refractivity contribution < 1.29 is 0 Å². The van der Waals surface area contributed by atoms with Crippen molar-refractivity contribution in [3.8, 4) is 0 Å². The van der Waals surface area contributed by atoms with Crippen LogP contribution < -0.4 is 0 Å². The Balaban J connectivity index is 2.41. The third kappa shape index (κ3) is 2.68. The van der Waals surface area contributed by atoms with Crippen molar-refractivity contribution >= 4 is 22.7 Å². The van der Waals surface area contributed by atoms with E-state index in [4.69, 9.17) is 0 Å². The first-order valence-corrected chi connectivity index (χ1v) is 7.37. The van der Waals surface area contributed by atoms with Gasteiger partial charge in [0.05, 0.1) is 0 Å². The number of aromatic nitrogens is 1. The minimum atomic E-state index is 0.694. The molecule has 0 N–H and O–H groups in total. The van der Waals surface area contributed by atoms with Crippen LogP contribution in [0.4, 0.5) is 0 Å². The molecule has 0 radical (unpaired) electrons. The molecule has 2 heteroatoms. The second kappa shape index (κ2) is 5.18. The van der Waals surface area contributed by atoms with E-state index in [9.17, 15) is 0 Å². The average molecular weight is 247 g/mol. The summed E-state index contributed by atoms with van der Waals surface area (Å²) in [5.41, 5.74) is 4.16. The first-order chi connectivity index (χ1) is 8.11. The smallest absolute Gasteiger partial charge is 0.0482 e. The van der Waals surface area contributed by atoms with E-state index in [1.807, 2.05) is 11.8 Å². The zero-order valence-electron chi connectivity index (χ0n) is 11.2. The van der Waals surface area contributed by atoms with Gasteiger partial charge in [0.2, 0.25) is 0 Å². The van der Waals surface area contributed by atoms with Crippen molar-refractivity contribution in [2.45, 2.75) is 45.2 Å². The summed E-state index contributed by atoms with van der Waals surface area (Å²) in [5.74, 6) is 1.11. The molecule has 1 aromatic carbocycles. The summed E-state index contributed by atoms with van der Waals surface area (Å²) in [7, 11) is 0. The minimum absolute atomic E-state index is 0.694. The quantitative estimate of drug-likeness (QED) is 0.763. The Bertz CT molecular complexity index is 511. The van der Waals surface area contributed by atoms with Gasteiger partial charge in [0.1, 0.15) is 0 Å². The molecular weight excluding hydrogens is 226 g/mol. The van der Waals surface area contributed by atoms with E-state index in [1.165, 1.54) is 22.2 Å². The van der Waals surface area contributed by atoms with E-state index in [0.717, 1.165) is 12.3 Å². The van der Waals surface area contributed by atoms with Crippen LogP contribution >= 0.6 is 11.8 Å². The molecule has 0 aliphatic carbocycles. The van der Waals surface area contributed by atoms with Gasteiger partial charge in [0.25, 0.3) is 0 Å². The van der Waals surface area contributed by atoms with E-state index in [1.54, 1.807) is 0 Å². The molecule has 0 spiro atoms. The number of aryl methyl sites for hydroxylation is 2. The van der Waals surface area contributed by atoms with Gasteiger partial charge in [-0.1, -0.05) is 25.5 Å². The van der Waals surface area contributed by atoms with E-state index >= 15 is 0 Å². The van der Waals surface area contributed by atoms with Gasteiger partial charge in [0, 0.05) is 28.9 Å². The van der Waals surface area contributed by atoms with Gasteiger partial charge in [-0.25, -0.2) is 0 Å². The summed E-state index contributed by atoms with van der Waals surface area (Å²) in [6, 6.07) is 9.08. The standard InChI is InChI=1S/C15H21NS/c1-5-16-14(10-17-11(2)3)9-13-8-12(4)6-7-15(13)16/h6-9,11H,5,10H2,1-4H3. The first-order valence-electron chi connectivity index (χ1n) is 6.32. The van der Waals surface area contributed by atoms with Crippen LogP contribution in [0, 0.1) is 6.92 Å². The van der Waals surface area contributed by atoms with Crippen LogP contribution in [0.1, 0.15) is 32.0 Å². The Hall–Kier alpha value is -0.890.